The predicted molar refractivity (Wildman–Crippen MR) is 74.3 cm³/mol. The van der Waals surface area contributed by atoms with Crippen molar-refractivity contribution in [3.63, 3.8) is 0 Å². The van der Waals surface area contributed by atoms with E-state index in [-0.39, 0.29) is 5.69 Å². The minimum Gasteiger partial charge on any atom is -0.303 e. The van der Waals surface area contributed by atoms with Crippen LogP contribution in [0.2, 0.25) is 0 Å². The lowest BCUT2D eigenvalue weighted by atomic mass is 10.0. The maximum atomic E-state index is 12.1. The van der Waals surface area contributed by atoms with Crippen LogP contribution >= 0.6 is 0 Å². The number of likely N-dealkylation sites (tertiary alicyclic amines) is 1. The second-order valence-corrected chi connectivity index (χ2v) is 5.35. The Hall–Kier alpha value is -1.62. The van der Waals surface area contributed by atoms with E-state index < -0.39 is 0 Å². The molecule has 1 fully saturated rings. The summed E-state index contributed by atoms with van der Waals surface area (Å²) in [5.41, 5.74) is 0.693. The van der Waals surface area contributed by atoms with Gasteiger partial charge in [0.25, 0.3) is 0 Å². The zero-order chi connectivity index (χ0) is 13.2. The Morgan fingerprint density at radius 1 is 1.37 bits per heavy atom. The van der Waals surface area contributed by atoms with E-state index in [9.17, 15) is 4.79 Å². The van der Waals surface area contributed by atoms with Gasteiger partial charge in [-0.25, -0.2) is 9.48 Å². The van der Waals surface area contributed by atoms with Crippen molar-refractivity contribution >= 4 is 5.65 Å². The van der Waals surface area contributed by atoms with E-state index in [4.69, 9.17) is 0 Å². The van der Waals surface area contributed by atoms with Gasteiger partial charge in [-0.1, -0.05) is 12.5 Å². The van der Waals surface area contributed by atoms with E-state index in [1.54, 1.807) is 15.3 Å². The van der Waals surface area contributed by atoms with Crippen LogP contribution in [0, 0.1) is 0 Å². The number of hydrogen-bond donors (Lipinski definition) is 0. The lowest BCUT2D eigenvalue weighted by Gasteiger charge is -2.32. The van der Waals surface area contributed by atoms with Crippen LogP contribution in [0.5, 0.6) is 0 Å². The smallest absolute Gasteiger partial charge is 0.303 e. The van der Waals surface area contributed by atoms with E-state index >= 15 is 0 Å². The highest BCUT2D eigenvalue weighted by molar-refractivity contribution is 5.35. The van der Waals surface area contributed by atoms with Gasteiger partial charge in [0.1, 0.15) is 0 Å². The van der Waals surface area contributed by atoms with Crippen molar-refractivity contribution in [2.24, 2.45) is 0 Å². The second-order valence-electron chi connectivity index (χ2n) is 5.35. The third-order valence-corrected chi connectivity index (χ3v) is 4.08. The number of piperidine rings is 1. The van der Waals surface area contributed by atoms with E-state index in [2.05, 4.69) is 17.0 Å². The van der Waals surface area contributed by atoms with Gasteiger partial charge in [0, 0.05) is 18.8 Å². The van der Waals surface area contributed by atoms with Crippen molar-refractivity contribution in [2.45, 2.75) is 38.3 Å². The summed E-state index contributed by atoms with van der Waals surface area (Å²) >= 11 is 0. The molecule has 0 saturated carbocycles. The third kappa shape index (κ3) is 2.42. The van der Waals surface area contributed by atoms with E-state index in [0.717, 1.165) is 12.1 Å². The molecule has 0 aliphatic carbocycles. The summed E-state index contributed by atoms with van der Waals surface area (Å²) in [6.45, 7) is 1.88. The molecule has 19 heavy (non-hydrogen) atoms. The molecule has 2 aromatic rings. The number of pyridine rings is 1. The lowest BCUT2D eigenvalue weighted by molar-refractivity contribution is 0.169. The minimum absolute atomic E-state index is 0.0333. The molecular formula is C14H20N4O. The zero-order valence-electron chi connectivity index (χ0n) is 11.3. The molecular weight excluding hydrogens is 240 g/mol. The molecule has 0 radical (unpaired) electrons. The van der Waals surface area contributed by atoms with Crippen molar-refractivity contribution in [1.82, 2.24) is 19.1 Å². The standard InChI is InChI=1S/C14H20N4O/c1-16-9-4-2-6-12(16)8-11-18-14(19)17-10-5-3-7-13(17)15-18/h3,5,7,10,12H,2,4,6,8-9,11H2,1H3. The SMILES string of the molecule is CN1CCCCC1CCn1nc2ccccn2c1=O. The van der Waals surface area contributed by atoms with Crippen LogP contribution in [-0.2, 0) is 6.54 Å². The molecule has 3 heterocycles. The Morgan fingerprint density at radius 2 is 2.26 bits per heavy atom. The molecule has 102 valence electrons. The maximum absolute atomic E-state index is 12.1. The first-order valence-corrected chi connectivity index (χ1v) is 7.00. The Labute approximate surface area is 112 Å². The third-order valence-electron chi connectivity index (χ3n) is 4.08. The normalized spacial score (nSPS) is 21.0. The van der Waals surface area contributed by atoms with Gasteiger partial charge < -0.3 is 4.90 Å². The van der Waals surface area contributed by atoms with Gasteiger partial charge in [-0.15, -0.1) is 5.10 Å². The molecule has 2 aromatic heterocycles. The van der Waals surface area contributed by atoms with Crippen LogP contribution in [0.4, 0.5) is 0 Å². The van der Waals surface area contributed by atoms with Crippen LogP contribution in [-0.4, -0.2) is 38.7 Å². The van der Waals surface area contributed by atoms with Gasteiger partial charge in [0.2, 0.25) is 0 Å². The van der Waals surface area contributed by atoms with Crippen molar-refractivity contribution in [3.8, 4) is 0 Å². The van der Waals surface area contributed by atoms with Crippen LogP contribution in [0.1, 0.15) is 25.7 Å². The van der Waals surface area contributed by atoms with Crippen LogP contribution < -0.4 is 5.69 Å². The van der Waals surface area contributed by atoms with Gasteiger partial charge >= 0.3 is 5.69 Å². The van der Waals surface area contributed by atoms with Crippen LogP contribution in [0.25, 0.3) is 5.65 Å². The fourth-order valence-electron chi connectivity index (χ4n) is 2.89. The van der Waals surface area contributed by atoms with Crippen molar-refractivity contribution < 1.29 is 0 Å². The van der Waals surface area contributed by atoms with Gasteiger partial charge in [0.15, 0.2) is 5.65 Å². The molecule has 0 spiro atoms. The van der Waals surface area contributed by atoms with Crippen molar-refractivity contribution in [1.29, 1.82) is 0 Å². The maximum Gasteiger partial charge on any atom is 0.350 e. The fourth-order valence-corrected chi connectivity index (χ4v) is 2.89. The van der Waals surface area contributed by atoms with E-state index in [1.807, 2.05) is 18.2 Å². The van der Waals surface area contributed by atoms with Crippen LogP contribution in [0.3, 0.4) is 0 Å². The average Bonchev–Trinajstić information content (AvgIpc) is 2.75. The quantitative estimate of drug-likeness (QED) is 0.837. The number of nitrogens with zero attached hydrogens (tertiary/aromatic N) is 4. The van der Waals surface area contributed by atoms with Gasteiger partial charge in [-0.2, -0.15) is 0 Å². The van der Waals surface area contributed by atoms with Crippen LogP contribution in [0.15, 0.2) is 29.2 Å². The molecule has 0 bridgehead atoms. The molecule has 5 nitrogen and oxygen atoms in total. The summed E-state index contributed by atoms with van der Waals surface area (Å²) in [5, 5.41) is 4.37. The highest BCUT2D eigenvalue weighted by atomic mass is 16.2. The summed E-state index contributed by atoms with van der Waals surface area (Å²) in [7, 11) is 2.18. The highest BCUT2D eigenvalue weighted by Crippen LogP contribution is 2.17. The minimum atomic E-state index is -0.0333. The first-order valence-electron chi connectivity index (χ1n) is 7.00. The predicted octanol–water partition coefficient (Wildman–Crippen LogP) is 1.37. The summed E-state index contributed by atoms with van der Waals surface area (Å²) in [4.78, 5) is 14.5. The molecule has 1 atom stereocenters. The molecule has 0 amide bonds. The van der Waals surface area contributed by atoms with E-state index in [1.165, 1.54) is 25.8 Å². The Balaban J connectivity index is 1.75. The van der Waals surface area contributed by atoms with E-state index in [0.29, 0.717) is 12.6 Å². The zero-order valence-corrected chi connectivity index (χ0v) is 11.3. The molecule has 1 unspecified atom stereocenters. The highest BCUT2D eigenvalue weighted by Gasteiger charge is 2.19. The molecule has 1 saturated heterocycles. The Kier molecular flexibility index (Phi) is 3.38. The molecule has 3 rings (SSSR count). The number of rotatable bonds is 3. The molecule has 0 N–H and O–H groups in total. The summed E-state index contributed by atoms with van der Waals surface area (Å²) in [6.07, 6.45) is 6.60. The average molecular weight is 260 g/mol. The number of aromatic nitrogens is 3. The largest absolute Gasteiger partial charge is 0.350 e. The topological polar surface area (TPSA) is 42.5 Å². The van der Waals surface area contributed by atoms with Gasteiger partial charge in [-0.05, 0) is 45.0 Å². The van der Waals surface area contributed by atoms with Crippen molar-refractivity contribution in [3.05, 3.63) is 34.9 Å². The summed E-state index contributed by atoms with van der Waals surface area (Å²) < 4.78 is 3.20. The number of hydrogen-bond acceptors (Lipinski definition) is 3. The van der Waals surface area contributed by atoms with Gasteiger partial charge in [-0.3, -0.25) is 4.40 Å². The number of fused-ring (bicyclic) bond motifs is 1. The molecule has 5 heteroatoms. The summed E-state index contributed by atoms with van der Waals surface area (Å²) in [5.74, 6) is 0. The Bertz CT molecular complexity index is 615. The number of aryl methyl sites for hydroxylation is 1. The summed E-state index contributed by atoms with van der Waals surface area (Å²) in [6, 6.07) is 6.21. The monoisotopic (exact) mass is 260 g/mol. The molecule has 1 aliphatic heterocycles. The Morgan fingerprint density at radius 3 is 3.05 bits per heavy atom. The van der Waals surface area contributed by atoms with Crippen molar-refractivity contribution in [2.75, 3.05) is 13.6 Å². The first kappa shape index (κ1) is 12.4. The first-order chi connectivity index (χ1) is 9.25. The fraction of sp³-hybridized carbons (Fsp3) is 0.571. The lowest BCUT2D eigenvalue weighted by Crippen LogP contribution is -2.37. The van der Waals surface area contributed by atoms with Gasteiger partial charge in [0.05, 0.1) is 0 Å². The molecule has 0 aromatic carbocycles. The second kappa shape index (κ2) is 5.17. The molecule has 1 aliphatic rings.